The van der Waals surface area contributed by atoms with Crippen molar-refractivity contribution in [3.8, 4) is 0 Å². The van der Waals surface area contributed by atoms with Gasteiger partial charge in [-0.25, -0.2) is 4.98 Å². The predicted molar refractivity (Wildman–Crippen MR) is 76.1 cm³/mol. The number of hydrogen-bond acceptors (Lipinski definition) is 3. The number of aryl methyl sites for hydroxylation is 3. The molecule has 0 spiro atoms. The van der Waals surface area contributed by atoms with Crippen LogP contribution in [0.2, 0.25) is 0 Å². The molecule has 0 radical (unpaired) electrons. The van der Waals surface area contributed by atoms with Crippen LogP contribution >= 0.6 is 11.3 Å². The lowest BCUT2D eigenvalue weighted by Gasteiger charge is -2.09. The highest BCUT2D eigenvalue weighted by molar-refractivity contribution is 7.09. The number of hydrogen-bond donors (Lipinski definition) is 1. The van der Waals surface area contributed by atoms with E-state index in [9.17, 15) is 5.11 Å². The molecular formula is C15H19NOS. The molecule has 1 atom stereocenters. The number of aliphatic hydroxyl groups is 1. The number of thiazole rings is 1. The Morgan fingerprint density at radius 3 is 2.83 bits per heavy atom. The van der Waals surface area contributed by atoms with Gasteiger partial charge in [0.25, 0.3) is 0 Å². The van der Waals surface area contributed by atoms with Gasteiger partial charge in [-0.1, -0.05) is 29.8 Å². The van der Waals surface area contributed by atoms with Crippen molar-refractivity contribution < 1.29 is 5.11 Å². The van der Waals surface area contributed by atoms with Crippen LogP contribution in [0, 0.1) is 13.8 Å². The molecule has 1 aromatic heterocycles. The van der Waals surface area contributed by atoms with Gasteiger partial charge in [0.05, 0.1) is 11.1 Å². The predicted octanol–water partition coefficient (Wildman–Crippen LogP) is 3.30. The molecule has 0 saturated carbocycles. The third kappa shape index (κ3) is 3.93. The third-order valence-corrected chi connectivity index (χ3v) is 3.91. The molecule has 0 aliphatic carbocycles. The van der Waals surface area contributed by atoms with Crippen LogP contribution in [0.25, 0.3) is 0 Å². The van der Waals surface area contributed by atoms with Gasteiger partial charge in [-0.15, -0.1) is 11.3 Å². The lowest BCUT2D eigenvalue weighted by Crippen LogP contribution is -2.11. The molecule has 0 fully saturated rings. The fourth-order valence-corrected chi connectivity index (χ4v) is 2.85. The molecule has 1 N–H and O–H groups in total. The summed E-state index contributed by atoms with van der Waals surface area (Å²) in [5, 5.41) is 13.1. The molecule has 0 aliphatic rings. The highest BCUT2D eigenvalue weighted by Gasteiger charge is 2.08. The monoisotopic (exact) mass is 261 g/mol. The van der Waals surface area contributed by atoms with Gasteiger partial charge in [0.1, 0.15) is 0 Å². The second-order valence-electron chi connectivity index (χ2n) is 4.77. The minimum Gasteiger partial charge on any atom is -0.393 e. The Morgan fingerprint density at radius 1 is 1.33 bits per heavy atom. The fourth-order valence-electron chi connectivity index (χ4n) is 2.00. The summed E-state index contributed by atoms with van der Waals surface area (Å²) >= 11 is 1.63. The molecule has 0 amide bonds. The maximum absolute atomic E-state index is 10.0. The average molecular weight is 261 g/mol. The van der Waals surface area contributed by atoms with Crippen molar-refractivity contribution >= 4 is 11.3 Å². The molecular weight excluding hydrogens is 242 g/mol. The van der Waals surface area contributed by atoms with Gasteiger partial charge in [0.15, 0.2) is 0 Å². The van der Waals surface area contributed by atoms with Crippen molar-refractivity contribution in [3.63, 3.8) is 0 Å². The Hall–Kier alpha value is -1.19. The fraction of sp³-hybridized carbons (Fsp3) is 0.400. The number of nitrogens with zero attached hydrogens (tertiary/aromatic N) is 1. The van der Waals surface area contributed by atoms with Gasteiger partial charge < -0.3 is 5.11 Å². The second-order valence-corrected chi connectivity index (χ2v) is 5.71. The molecule has 0 saturated heterocycles. The van der Waals surface area contributed by atoms with E-state index in [-0.39, 0.29) is 6.10 Å². The maximum atomic E-state index is 10.0. The van der Waals surface area contributed by atoms with Crippen LogP contribution < -0.4 is 0 Å². The lowest BCUT2D eigenvalue weighted by atomic mass is 10.0. The molecule has 1 heterocycles. The minimum atomic E-state index is -0.295. The van der Waals surface area contributed by atoms with Gasteiger partial charge in [0, 0.05) is 17.5 Å². The summed E-state index contributed by atoms with van der Waals surface area (Å²) in [5.74, 6) is 0. The molecule has 2 rings (SSSR count). The van der Waals surface area contributed by atoms with Gasteiger partial charge in [-0.05, 0) is 32.3 Å². The number of rotatable bonds is 5. The first kappa shape index (κ1) is 13.2. The van der Waals surface area contributed by atoms with E-state index in [1.54, 1.807) is 11.3 Å². The van der Waals surface area contributed by atoms with Crippen LogP contribution in [0.3, 0.4) is 0 Å². The molecule has 2 aromatic rings. The first-order chi connectivity index (χ1) is 8.63. The molecule has 96 valence electrons. The summed E-state index contributed by atoms with van der Waals surface area (Å²) in [5.41, 5.74) is 3.61. The number of benzene rings is 1. The van der Waals surface area contributed by atoms with Crippen LogP contribution in [0.4, 0.5) is 0 Å². The van der Waals surface area contributed by atoms with Crippen molar-refractivity contribution in [1.82, 2.24) is 4.98 Å². The Bertz CT molecular complexity index is 507. The minimum absolute atomic E-state index is 0.295. The van der Waals surface area contributed by atoms with Gasteiger partial charge in [0.2, 0.25) is 0 Å². The molecule has 1 aromatic carbocycles. The van der Waals surface area contributed by atoms with Crippen molar-refractivity contribution in [2.24, 2.45) is 0 Å². The van der Waals surface area contributed by atoms with Crippen molar-refractivity contribution in [3.05, 3.63) is 51.5 Å². The lowest BCUT2D eigenvalue weighted by molar-refractivity contribution is 0.165. The highest BCUT2D eigenvalue weighted by Crippen LogP contribution is 2.14. The zero-order valence-electron chi connectivity index (χ0n) is 10.9. The largest absolute Gasteiger partial charge is 0.393 e. The smallest absolute Gasteiger partial charge is 0.0953 e. The van der Waals surface area contributed by atoms with Crippen LogP contribution in [-0.4, -0.2) is 16.2 Å². The molecule has 18 heavy (non-hydrogen) atoms. The summed E-state index contributed by atoms with van der Waals surface area (Å²) < 4.78 is 0. The normalized spacial score (nSPS) is 12.6. The van der Waals surface area contributed by atoms with Gasteiger partial charge in [-0.2, -0.15) is 0 Å². The van der Waals surface area contributed by atoms with E-state index in [0.29, 0.717) is 6.42 Å². The molecule has 0 aliphatic heterocycles. The van der Waals surface area contributed by atoms with E-state index >= 15 is 0 Å². The topological polar surface area (TPSA) is 33.1 Å². The number of aliphatic hydroxyl groups excluding tert-OH is 1. The van der Waals surface area contributed by atoms with Crippen LogP contribution in [0.15, 0.2) is 29.6 Å². The quantitative estimate of drug-likeness (QED) is 0.896. The molecule has 0 bridgehead atoms. The summed E-state index contributed by atoms with van der Waals surface area (Å²) in [6.45, 7) is 4.08. The summed E-state index contributed by atoms with van der Waals surface area (Å²) in [7, 11) is 0. The van der Waals surface area contributed by atoms with Crippen molar-refractivity contribution in [2.75, 3.05) is 0 Å². The zero-order chi connectivity index (χ0) is 13.0. The van der Waals surface area contributed by atoms with E-state index in [1.165, 1.54) is 11.1 Å². The first-order valence-electron chi connectivity index (χ1n) is 6.28. The summed E-state index contributed by atoms with van der Waals surface area (Å²) in [4.78, 5) is 4.38. The summed E-state index contributed by atoms with van der Waals surface area (Å²) in [6.07, 6.45) is 2.09. The van der Waals surface area contributed by atoms with Gasteiger partial charge >= 0.3 is 0 Å². The first-order valence-corrected chi connectivity index (χ1v) is 7.16. The van der Waals surface area contributed by atoms with E-state index < -0.39 is 0 Å². The maximum Gasteiger partial charge on any atom is 0.0953 e. The standard InChI is InChI=1S/C15H19NOS/c1-11-4-3-5-13(8-11)6-7-14(17)9-15-16-12(2)10-18-15/h3-5,8,10,14,17H,6-7,9H2,1-2H3. The van der Waals surface area contributed by atoms with Crippen molar-refractivity contribution in [2.45, 2.75) is 39.2 Å². The van der Waals surface area contributed by atoms with Crippen LogP contribution in [-0.2, 0) is 12.8 Å². The Balaban J connectivity index is 1.83. The third-order valence-electron chi connectivity index (χ3n) is 2.93. The van der Waals surface area contributed by atoms with E-state index in [2.05, 4.69) is 36.2 Å². The van der Waals surface area contributed by atoms with Crippen LogP contribution in [0.1, 0.15) is 28.2 Å². The Morgan fingerprint density at radius 2 is 2.17 bits per heavy atom. The Labute approximate surface area is 112 Å². The summed E-state index contributed by atoms with van der Waals surface area (Å²) in [6, 6.07) is 8.47. The number of aromatic nitrogens is 1. The van der Waals surface area contributed by atoms with Crippen LogP contribution in [0.5, 0.6) is 0 Å². The highest BCUT2D eigenvalue weighted by atomic mass is 32.1. The zero-order valence-corrected chi connectivity index (χ0v) is 11.7. The average Bonchev–Trinajstić information content (AvgIpc) is 2.72. The van der Waals surface area contributed by atoms with E-state index in [1.807, 2.05) is 12.3 Å². The van der Waals surface area contributed by atoms with Gasteiger partial charge in [-0.3, -0.25) is 0 Å². The molecule has 1 unspecified atom stereocenters. The van der Waals surface area contributed by atoms with E-state index in [4.69, 9.17) is 0 Å². The van der Waals surface area contributed by atoms with Crippen molar-refractivity contribution in [1.29, 1.82) is 0 Å². The molecule has 3 heteroatoms. The van der Waals surface area contributed by atoms with E-state index in [0.717, 1.165) is 23.5 Å². The molecule has 2 nitrogen and oxygen atoms in total. The SMILES string of the molecule is Cc1cccc(CCC(O)Cc2nc(C)cs2)c1. The Kier molecular flexibility index (Phi) is 4.50. The second kappa shape index (κ2) is 6.12.